The molecule has 0 saturated heterocycles. The first-order chi connectivity index (χ1) is 6.63. The van der Waals surface area contributed by atoms with Gasteiger partial charge in [-0.25, -0.2) is 4.79 Å². The Morgan fingerprint density at radius 3 is 2.71 bits per heavy atom. The Hall–Kier alpha value is -1.49. The number of benzene rings is 1. The van der Waals surface area contributed by atoms with Crippen LogP contribution in [0.2, 0.25) is 0 Å². The summed E-state index contributed by atoms with van der Waals surface area (Å²) in [5.41, 5.74) is 0.490. The molecule has 0 spiro atoms. The van der Waals surface area contributed by atoms with Gasteiger partial charge >= 0.3 is 11.9 Å². The summed E-state index contributed by atoms with van der Waals surface area (Å²) in [6, 6.07) is 6.98. The lowest BCUT2D eigenvalue weighted by molar-refractivity contribution is -0.147. The summed E-state index contributed by atoms with van der Waals surface area (Å²) in [6.45, 7) is 0. The second-order valence-corrected chi connectivity index (χ2v) is 3.37. The number of hydrogen-bond acceptors (Lipinski definition) is 3. The smallest absolute Gasteiger partial charge is 0.394 e. The third-order valence-corrected chi connectivity index (χ3v) is 2.25. The van der Waals surface area contributed by atoms with Crippen molar-refractivity contribution < 1.29 is 14.7 Å². The summed E-state index contributed by atoms with van der Waals surface area (Å²) in [7, 11) is 0. The average molecular weight is 211 g/mol. The Labute approximate surface area is 85.3 Å². The molecule has 5 heteroatoms. The van der Waals surface area contributed by atoms with Gasteiger partial charge in [0, 0.05) is 10.6 Å². The van der Waals surface area contributed by atoms with Crippen LogP contribution >= 0.6 is 11.8 Å². The van der Waals surface area contributed by atoms with Gasteiger partial charge in [0.2, 0.25) is 0 Å². The maximum atomic E-state index is 10.8. The number of thioether (sulfide) groups is 1. The number of aliphatic carboxylic acids is 1. The highest BCUT2D eigenvalue weighted by atomic mass is 32.2. The lowest BCUT2D eigenvalue weighted by Gasteiger charge is -2.03. The summed E-state index contributed by atoms with van der Waals surface area (Å²) in [5, 5.41) is 10.6. The molecule has 0 heterocycles. The van der Waals surface area contributed by atoms with Gasteiger partial charge in [-0.1, -0.05) is 6.07 Å². The molecule has 4 nitrogen and oxygen atoms in total. The van der Waals surface area contributed by atoms with Crippen LogP contribution in [0.25, 0.3) is 0 Å². The zero-order chi connectivity index (χ0) is 10.6. The minimum Gasteiger partial charge on any atom is -0.474 e. The standard InChI is InChI=1S/C9H9NO3S/c1-14-7-4-2-3-6(5-7)10-8(11)9(12)13/h2-5H,1H3,(H,10,11)(H,12,13). The van der Waals surface area contributed by atoms with Crippen LogP contribution in [0.5, 0.6) is 0 Å². The number of hydrogen-bond donors (Lipinski definition) is 2. The molecular formula is C9H9NO3S. The lowest BCUT2D eigenvalue weighted by Crippen LogP contribution is -2.21. The quantitative estimate of drug-likeness (QED) is 0.573. The lowest BCUT2D eigenvalue weighted by atomic mass is 10.3. The van der Waals surface area contributed by atoms with Gasteiger partial charge in [0.15, 0.2) is 0 Å². The molecule has 0 saturated carbocycles. The summed E-state index contributed by atoms with van der Waals surface area (Å²) < 4.78 is 0. The molecule has 0 aromatic heterocycles. The third-order valence-electron chi connectivity index (χ3n) is 1.52. The molecule has 74 valence electrons. The molecule has 0 bridgehead atoms. The summed E-state index contributed by atoms with van der Waals surface area (Å²) in [5.74, 6) is -2.51. The highest BCUT2D eigenvalue weighted by Gasteiger charge is 2.10. The van der Waals surface area contributed by atoms with Crippen molar-refractivity contribution in [1.29, 1.82) is 0 Å². The molecule has 14 heavy (non-hydrogen) atoms. The minimum atomic E-state index is -1.49. The second kappa shape index (κ2) is 4.66. The number of carboxylic acid groups (broad SMARTS) is 1. The molecule has 1 aromatic rings. The Morgan fingerprint density at radius 2 is 2.14 bits per heavy atom. The first-order valence-electron chi connectivity index (χ1n) is 3.82. The zero-order valence-corrected chi connectivity index (χ0v) is 8.30. The second-order valence-electron chi connectivity index (χ2n) is 2.49. The molecule has 0 aliphatic carbocycles. The van der Waals surface area contributed by atoms with Gasteiger partial charge in [-0.15, -0.1) is 11.8 Å². The van der Waals surface area contributed by atoms with Gasteiger partial charge in [-0.2, -0.15) is 0 Å². The predicted octanol–water partition coefficient (Wildman–Crippen LogP) is 1.43. The Bertz CT molecular complexity index is 365. The summed E-state index contributed by atoms with van der Waals surface area (Å²) in [6.07, 6.45) is 1.90. The molecule has 0 unspecified atom stereocenters. The largest absolute Gasteiger partial charge is 0.474 e. The Kier molecular flexibility index (Phi) is 3.53. The number of amides is 1. The van der Waals surface area contributed by atoms with E-state index in [4.69, 9.17) is 5.11 Å². The van der Waals surface area contributed by atoms with Crippen LogP contribution in [-0.2, 0) is 9.59 Å². The normalized spacial score (nSPS) is 9.50. The predicted molar refractivity (Wildman–Crippen MR) is 54.5 cm³/mol. The van der Waals surface area contributed by atoms with E-state index in [-0.39, 0.29) is 0 Å². The van der Waals surface area contributed by atoms with Crippen LogP contribution in [0.3, 0.4) is 0 Å². The maximum Gasteiger partial charge on any atom is 0.394 e. The first kappa shape index (κ1) is 10.6. The molecule has 1 amide bonds. The van der Waals surface area contributed by atoms with Gasteiger partial charge < -0.3 is 10.4 Å². The van der Waals surface area contributed by atoms with Gasteiger partial charge in [-0.3, -0.25) is 4.79 Å². The fourth-order valence-corrected chi connectivity index (χ4v) is 1.34. The van der Waals surface area contributed by atoms with Gasteiger partial charge in [0.1, 0.15) is 0 Å². The molecule has 0 aliphatic rings. The van der Waals surface area contributed by atoms with Crippen molar-refractivity contribution in [2.24, 2.45) is 0 Å². The van der Waals surface area contributed by atoms with E-state index < -0.39 is 11.9 Å². The molecule has 1 aromatic carbocycles. The minimum absolute atomic E-state index is 0.490. The SMILES string of the molecule is CSc1cccc(NC(=O)C(=O)O)c1. The van der Waals surface area contributed by atoms with Gasteiger partial charge in [0.05, 0.1) is 0 Å². The Morgan fingerprint density at radius 1 is 1.43 bits per heavy atom. The van der Waals surface area contributed by atoms with Crippen molar-refractivity contribution in [3.05, 3.63) is 24.3 Å². The van der Waals surface area contributed by atoms with Crippen LogP contribution in [0.4, 0.5) is 5.69 Å². The number of carboxylic acids is 1. The van der Waals surface area contributed by atoms with E-state index in [0.29, 0.717) is 5.69 Å². The van der Waals surface area contributed by atoms with Crippen LogP contribution < -0.4 is 5.32 Å². The molecule has 1 rings (SSSR count). The first-order valence-corrected chi connectivity index (χ1v) is 5.04. The van der Waals surface area contributed by atoms with E-state index in [0.717, 1.165) is 4.90 Å². The van der Waals surface area contributed by atoms with Crippen molar-refractivity contribution >= 4 is 29.3 Å². The van der Waals surface area contributed by atoms with Crippen LogP contribution in [-0.4, -0.2) is 23.2 Å². The van der Waals surface area contributed by atoms with Crippen LogP contribution in [0.1, 0.15) is 0 Å². The molecule has 0 aliphatic heterocycles. The number of anilines is 1. The third kappa shape index (κ3) is 2.77. The van der Waals surface area contributed by atoms with Crippen molar-refractivity contribution in [1.82, 2.24) is 0 Å². The fourth-order valence-electron chi connectivity index (χ4n) is 0.885. The molecule has 0 fully saturated rings. The highest BCUT2D eigenvalue weighted by molar-refractivity contribution is 7.98. The molecular weight excluding hydrogens is 202 g/mol. The van der Waals surface area contributed by atoms with Crippen molar-refractivity contribution in [3.8, 4) is 0 Å². The van der Waals surface area contributed by atoms with Crippen molar-refractivity contribution in [3.63, 3.8) is 0 Å². The van der Waals surface area contributed by atoms with Crippen molar-refractivity contribution in [2.75, 3.05) is 11.6 Å². The van der Waals surface area contributed by atoms with E-state index in [9.17, 15) is 9.59 Å². The van der Waals surface area contributed by atoms with E-state index in [1.54, 1.807) is 18.2 Å². The number of rotatable bonds is 2. The summed E-state index contributed by atoms with van der Waals surface area (Å²) in [4.78, 5) is 22.0. The highest BCUT2D eigenvalue weighted by Crippen LogP contribution is 2.18. The number of carbonyl (C=O) groups excluding carboxylic acids is 1. The summed E-state index contributed by atoms with van der Waals surface area (Å²) >= 11 is 1.52. The van der Waals surface area contributed by atoms with Crippen molar-refractivity contribution in [2.45, 2.75) is 4.90 Å². The Balaban J connectivity index is 2.76. The molecule has 0 radical (unpaired) electrons. The number of nitrogens with one attached hydrogen (secondary N) is 1. The average Bonchev–Trinajstić information content (AvgIpc) is 2.18. The topological polar surface area (TPSA) is 66.4 Å². The van der Waals surface area contributed by atoms with E-state index in [1.807, 2.05) is 12.3 Å². The monoisotopic (exact) mass is 211 g/mol. The van der Waals surface area contributed by atoms with Gasteiger partial charge in [0.25, 0.3) is 0 Å². The van der Waals surface area contributed by atoms with Gasteiger partial charge in [-0.05, 0) is 24.5 Å². The van der Waals surface area contributed by atoms with E-state index in [1.165, 1.54) is 11.8 Å². The van der Waals surface area contributed by atoms with E-state index in [2.05, 4.69) is 5.32 Å². The van der Waals surface area contributed by atoms with Crippen LogP contribution in [0.15, 0.2) is 29.2 Å². The fraction of sp³-hybridized carbons (Fsp3) is 0.111. The van der Waals surface area contributed by atoms with Crippen LogP contribution in [0, 0.1) is 0 Å². The van der Waals surface area contributed by atoms with E-state index >= 15 is 0 Å². The number of carbonyl (C=O) groups is 2. The maximum absolute atomic E-state index is 10.8. The zero-order valence-electron chi connectivity index (χ0n) is 7.48. The molecule has 2 N–H and O–H groups in total. The molecule has 0 atom stereocenters.